The fraction of sp³-hybridized carbons (Fsp3) is 0.231. The normalized spacial score (nSPS) is 11.7. The standard InChI is InChI=1S/C13H14BrNO2S3/c14-11-3-1-5-13(9-11)20(16,17)15-6-8-18-10-12-4-2-7-19-12/h1-5,7,9,15H,6,8,10H2. The molecule has 3 nitrogen and oxygen atoms in total. The number of hydrogen-bond donors (Lipinski definition) is 1. The zero-order valence-electron chi connectivity index (χ0n) is 10.6. The summed E-state index contributed by atoms with van der Waals surface area (Å²) in [5.41, 5.74) is 0. The van der Waals surface area contributed by atoms with E-state index in [2.05, 4.69) is 26.7 Å². The average molecular weight is 392 g/mol. The van der Waals surface area contributed by atoms with Crippen LogP contribution in [0, 0.1) is 0 Å². The summed E-state index contributed by atoms with van der Waals surface area (Å²) in [7, 11) is -3.41. The molecule has 0 saturated carbocycles. The number of thioether (sulfide) groups is 1. The van der Waals surface area contributed by atoms with Crippen LogP contribution < -0.4 is 4.72 Å². The molecule has 1 heterocycles. The van der Waals surface area contributed by atoms with Gasteiger partial charge < -0.3 is 0 Å². The molecule has 2 rings (SSSR count). The zero-order chi connectivity index (χ0) is 14.4. The Labute approximate surface area is 136 Å². The molecule has 108 valence electrons. The molecule has 0 aliphatic rings. The molecule has 1 aromatic carbocycles. The van der Waals surface area contributed by atoms with Gasteiger partial charge in [-0.25, -0.2) is 13.1 Å². The van der Waals surface area contributed by atoms with E-state index in [1.165, 1.54) is 4.88 Å². The second-order valence-corrected chi connectivity index (χ2v) is 8.81. The molecular formula is C13H14BrNO2S3. The van der Waals surface area contributed by atoms with Gasteiger partial charge in [0.2, 0.25) is 10.0 Å². The van der Waals surface area contributed by atoms with Gasteiger partial charge in [-0.15, -0.1) is 11.3 Å². The topological polar surface area (TPSA) is 46.2 Å². The summed E-state index contributed by atoms with van der Waals surface area (Å²) in [4.78, 5) is 1.60. The molecule has 2 aromatic rings. The Morgan fingerprint density at radius 2 is 2.10 bits per heavy atom. The first-order chi connectivity index (χ1) is 9.58. The van der Waals surface area contributed by atoms with E-state index in [1.54, 1.807) is 47.4 Å². The summed E-state index contributed by atoms with van der Waals surface area (Å²) in [5.74, 6) is 1.68. The van der Waals surface area contributed by atoms with Gasteiger partial charge in [0, 0.05) is 27.4 Å². The molecule has 1 aromatic heterocycles. The van der Waals surface area contributed by atoms with Gasteiger partial charge in [0.15, 0.2) is 0 Å². The third-order valence-corrected chi connectivity index (χ3v) is 6.49. The van der Waals surface area contributed by atoms with Gasteiger partial charge in [0.25, 0.3) is 0 Å². The summed E-state index contributed by atoms with van der Waals surface area (Å²) in [6.45, 7) is 0.435. The van der Waals surface area contributed by atoms with E-state index in [4.69, 9.17) is 0 Å². The Balaban J connectivity index is 1.78. The van der Waals surface area contributed by atoms with Crippen molar-refractivity contribution < 1.29 is 8.42 Å². The summed E-state index contributed by atoms with van der Waals surface area (Å²) in [5, 5.41) is 2.05. The molecule has 0 atom stereocenters. The van der Waals surface area contributed by atoms with Gasteiger partial charge in [-0.05, 0) is 29.6 Å². The largest absolute Gasteiger partial charge is 0.240 e. The second-order valence-electron chi connectivity index (χ2n) is 3.99. The molecular weight excluding hydrogens is 378 g/mol. The minimum atomic E-state index is -3.41. The van der Waals surface area contributed by atoms with Gasteiger partial charge in [-0.1, -0.05) is 28.1 Å². The van der Waals surface area contributed by atoms with Crippen LogP contribution in [0.25, 0.3) is 0 Å². The second kappa shape index (κ2) is 7.61. The maximum Gasteiger partial charge on any atom is 0.240 e. The average Bonchev–Trinajstić information content (AvgIpc) is 2.91. The molecule has 20 heavy (non-hydrogen) atoms. The van der Waals surface area contributed by atoms with E-state index in [0.29, 0.717) is 6.54 Å². The highest BCUT2D eigenvalue weighted by Gasteiger charge is 2.13. The van der Waals surface area contributed by atoms with E-state index in [0.717, 1.165) is 16.0 Å². The van der Waals surface area contributed by atoms with Gasteiger partial charge in [-0.2, -0.15) is 11.8 Å². The zero-order valence-corrected chi connectivity index (χ0v) is 14.6. The van der Waals surface area contributed by atoms with Crippen molar-refractivity contribution in [2.45, 2.75) is 10.6 Å². The van der Waals surface area contributed by atoms with E-state index in [-0.39, 0.29) is 4.90 Å². The minimum absolute atomic E-state index is 0.287. The lowest BCUT2D eigenvalue weighted by Crippen LogP contribution is -2.26. The Bertz CT molecular complexity index is 641. The fourth-order valence-electron chi connectivity index (χ4n) is 1.53. The van der Waals surface area contributed by atoms with Crippen LogP contribution in [0.4, 0.5) is 0 Å². The highest BCUT2D eigenvalue weighted by atomic mass is 79.9. The van der Waals surface area contributed by atoms with Crippen LogP contribution in [0.3, 0.4) is 0 Å². The number of nitrogens with one attached hydrogen (secondary N) is 1. The van der Waals surface area contributed by atoms with Crippen LogP contribution in [0.15, 0.2) is 51.1 Å². The lowest BCUT2D eigenvalue weighted by molar-refractivity contribution is 0.584. The Kier molecular flexibility index (Phi) is 6.10. The van der Waals surface area contributed by atoms with Gasteiger partial charge in [0.05, 0.1) is 4.90 Å². The van der Waals surface area contributed by atoms with E-state index in [9.17, 15) is 8.42 Å². The Hall–Kier alpha value is -0.340. The lowest BCUT2D eigenvalue weighted by atomic mass is 10.4. The monoisotopic (exact) mass is 391 g/mol. The number of rotatable bonds is 7. The Morgan fingerprint density at radius 1 is 1.25 bits per heavy atom. The number of halogens is 1. The summed E-state index contributed by atoms with van der Waals surface area (Å²) in [6.07, 6.45) is 0. The third kappa shape index (κ3) is 4.89. The van der Waals surface area contributed by atoms with E-state index < -0.39 is 10.0 Å². The van der Waals surface area contributed by atoms with Crippen molar-refractivity contribution in [3.8, 4) is 0 Å². The maximum absolute atomic E-state index is 12.0. The molecule has 0 fully saturated rings. The first kappa shape index (κ1) is 16.0. The van der Waals surface area contributed by atoms with Crippen molar-refractivity contribution in [3.63, 3.8) is 0 Å². The summed E-state index contributed by atoms with van der Waals surface area (Å²) >= 11 is 6.72. The highest BCUT2D eigenvalue weighted by Crippen LogP contribution is 2.18. The van der Waals surface area contributed by atoms with Crippen molar-refractivity contribution in [1.82, 2.24) is 4.72 Å². The van der Waals surface area contributed by atoms with Gasteiger partial charge in [0.1, 0.15) is 0 Å². The van der Waals surface area contributed by atoms with Crippen molar-refractivity contribution in [1.29, 1.82) is 0 Å². The molecule has 0 bridgehead atoms. The van der Waals surface area contributed by atoms with Gasteiger partial charge >= 0.3 is 0 Å². The van der Waals surface area contributed by atoms with Crippen LogP contribution in [0.1, 0.15) is 4.88 Å². The maximum atomic E-state index is 12.0. The smallest absolute Gasteiger partial charge is 0.210 e. The van der Waals surface area contributed by atoms with Crippen molar-refractivity contribution >= 4 is 49.1 Å². The van der Waals surface area contributed by atoms with Gasteiger partial charge in [-0.3, -0.25) is 0 Å². The van der Waals surface area contributed by atoms with Crippen LogP contribution in [-0.4, -0.2) is 20.7 Å². The van der Waals surface area contributed by atoms with Crippen LogP contribution in [0.2, 0.25) is 0 Å². The molecule has 1 N–H and O–H groups in total. The number of sulfonamides is 1. The van der Waals surface area contributed by atoms with E-state index >= 15 is 0 Å². The minimum Gasteiger partial charge on any atom is -0.210 e. The molecule has 0 aliphatic heterocycles. The molecule has 7 heteroatoms. The van der Waals surface area contributed by atoms with Crippen molar-refractivity contribution in [3.05, 3.63) is 51.1 Å². The predicted octanol–water partition coefficient (Wildman–Crippen LogP) is 3.72. The molecule has 0 spiro atoms. The van der Waals surface area contributed by atoms with Crippen LogP contribution in [0.5, 0.6) is 0 Å². The summed E-state index contributed by atoms with van der Waals surface area (Å²) in [6, 6.07) is 10.8. The quantitative estimate of drug-likeness (QED) is 0.731. The van der Waals surface area contributed by atoms with Crippen LogP contribution in [-0.2, 0) is 15.8 Å². The molecule has 0 aliphatic carbocycles. The fourth-order valence-corrected chi connectivity index (χ4v) is 4.99. The van der Waals surface area contributed by atoms with Crippen LogP contribution >= 0.6 is 39.0 Å². The molecule has 0 amide bonds. The highest BCUT2D eigenvalue weighted by molar-refractivity contribution is 9.10. The SMILES string of the molecule is O=S(=O)(NCCSCc1cccs1)c1cccc(Br)c1. The first-order valence-corrected chi connectivity index (χ1v) is 10.2. The molecule has 0 saturated heterocycles. The van der Waals surface area contributed by atoms with Crippen molar-refractivity contribution in [2.75, 3.05) is 12.3 Å². The predicted molar refractivity (Wildman–Crippen MR) is 89.8 cm³/mol. The van der Waals surface area contributed by atoms with E-state index in [1.807, 2.05) is 11.4 Å². The molecule has 0 unspecified atom stereocenters. The third-order valence-electron chi connectivity index (χ3n) is 2.47. The lowest BCUT2D eigenvalue weighted by Gasteiger charge is -2.06. The Morgan fingerprint density at radius 3 is 2.80 bits per heavy atom. The molecule has 0 radical (unpaired) electrons. The number of hydrogen-bond acceptors (Lipinski definition) is 4. The first-order valence-electron chi connectivity index (χ1n) is 5.93. The summed E-state index contributed by atoms with van der Waals surface area (Å²) < 4.78 is 27.4. The number of thiophene rings is 1. The number of benzene rings is 1. The van der Waals surface area contributed by atoms with Crippen molar-refractivity contribution in [2.24, 2.45) is 0 Å².